The molecule has 0 unspecified atom stereocenters. The topological polar surface area (TPSA) is 47.3 Å². The van der Waals surface area contributed by atoms with E-state index < -0.39 is 0 Å². The number of nitrogens with one attached hydrogen (secondary N) is 1. The summed E-state index contributed by atoms with van der Waals surface area (Å²) in [7, 11) is 0. The van der Waals surface area contributed by atoms with Gasteiger partial charge in [-0.1, -0.05) is 11.6 Å². The summed E-state index contributed by atoms with van der Waals surface area (Å²) >= 11 is 5.81. The molecule has 1 heterocycles. The Morgan fingerprint density at radius 3 is 2.94 bits per heavy atom. The van der Waals surface area contributed by atoms with Crippen LogP contribution < -0.4 is 11.1 Å². The van der Waals surface area contributed by atoms with E-state index in [9.17, 15) is 4.39 Å². The summed E-state index contributed by atoms with van der Waals surface area (Å²) in [4.78, 5) is 0. The van der Waals surface area contributed by atoms with Gasteiger partial charge in [0.25, 0.3) is 0 Å². The van der Waals surface area contributed by atoms with Crippen molar-refractivity contribution in [1.82, 2.24) is 5.32 Å². The molecule has 1 aromatic rings. The standard InChI is InChI=1S/C13H16ClFN2O/c1-8(10-3-11(14)5-12(15)4-10)18-7-9-2-13(16)17-6-9/h2-5,8-9,17H,6-7,16H2,1H3/t8-,9-/m0/s1. The van der Waals surface area contributed by atoms with Crippen molar-refractivity contribution in [2.24, 2.45) is 11.7 Å². The van der Waals surface area contributed by atoms with E-state index in [-0.39, 0.29) is 17.8 Å². The Morgan fingerprint density at radius 2 is 2.33 bits per heavy atom. The van der Waals surface area contributed by atoms with Gasteiger partial charge in [0.15, 0.2) is 0 Å². The summed E-state index contributed by atoms with van der Waals surface area (Å²) in [5, 5.41) is 3.41. The maximum absolute atomic E-state index is 13.2. The largest absolute Gasteiger partial charge is 0.386 e. The van der Waals surface area contributed by atoms with Crippen molar-refractivity contribution in [3.05, 3.63) is 46.5 Å². The van der Waals surface area contributed by atoms with Crippen molar-refractivity contribution < 1.29 is 9.13 Å². The maximum atomic E-state index is 13.2. The molecule has 0 aromatic heterocycles. The summed E-state index contributed by atoms with van der Waals surface area (Å²) < 4.78 is 18.9. The van der Waals surface area contributed by atoms with E-state index in [2.05, 4.69) is 5.32 Å². The fourth-order valence-corrected chi connectivity index (χ4v) is 2.13. The van der Waals surface area contributed by atoms with Gasteiger partial charge in [0.2, 0.25) is 0 Å². The molecule has 3 nitrogen and oxygen atoms in total. The molecule has 18 heavy (non-hydrogen) atoms. The third kappa shape index (κ3) is 3.37. The summed E-state index contributed by atoms with van der Waals surface area (Å²) in [6, 6.07) is 4.43. The highest BCUT2D eigenvalue weighted by Crippen LogP contribution is 2.23. The van der Waals surface area contributed by atoms with Crippen molar-refractivity contribution >= 4 is 11.6 Å². The number of hydrogen-bond acceptors (Lipinski definition) is 3. The number of ether oxygens (including phenoxy) is 1. The van der Waals surface area contributed by atoms with Crippen LogP contribution in [0.2, 0.25) is 5.02 Å². The van der Waals surface area contributed by atoms with Crippen molar-refractivity contribution in [3.63, 3.8) is 0 Å². The molecule has 0 saturated carbocycles. The molecule has 0 spiro atoms. The van der Waals surface area contributed by atoms with Gasteiger partial charge in [-0.05, 0) is 36.8 Å². The van der Waals surface area contributed by atoms with Crippen molar-refractivity contribution in [2.45, 2.75) is 13.0 Å². The van der Waals surface area contributed by atoms with Crippen LogP contribution in [0.25, 0.3) is 0 Å². The highest BCUT2D eigenvalue weighted by atomic mass is 35.5. The number of nitrogens with two attached hydrogens (primary N) is 1. The van der Waals surface area contributed by atoms with Crippen LogP contribution in [-0.4, -0.2) is 13.2 Å². The predicted molar refractivity (Wildman–Crippen MR) is 69.5 cm³/mol. The zero-order chi connectivity index (χ0) is 13.1. The first-order valence-electron chi connectivity index (χ1n) is 5.83. The van der Waals surface area contributed by atoms with Gasteiger partial charge in [0.1, 0.15) is 5.82 Å². The lowest BCUT2D eigenvalue weighted by atomic mass is 10.1. The van der Waals surface area contributed by atoms with Crippen LogP contribution in [-0.2, 0) is 4.74 Å². The lowest BCUT2D eigenvalue weighted by Crippen LogP contribution is -2.19. The average molecular weight is 271 g/mol. The highest BCUT2D eigenvalue weighted by Gasteiger charge is 2.16. The summed E-state index contributed by atoms with van der Waals surface area (Å²) in [6.45, 7) is 3.20. The van der Waals surface area contributed by atoms with Crippen LogP contribution in [0, 0.1) is 11.7 Å². The first-order valence-corrected chi connectivity index (χ1v) is 6.21. The number of benzene rings is 1. The molecular formula is C13H16ClFN2O. The lowest BCUT2D eigenvalue weighted by Gasteiger charge is -2.16. The van der Waals surface area contributed by atoms with Crippen molar-refractivity contribution in [3.8, 4) is 0 Å². The minimum atomic E-state index is -0.348. The van der Waals surface area contributed by atoms with Crippen LogP contribution in [0.3, 0.4) is 0 Å². The van der Waals surface area contributed by atoms with Gasteiger partial charge in [-0.15, -0.1) is 0 Å². The van der Waals surface area contributed by atoms with Crippen LogP contribution >= 0.6 is 11.6 Å². The van der Waals surface area contributed by atoms with Crippen molar-refractivity contribution in [2.75, 3.05) is 13.2 Å². The predicted octanol–water partition coefficient (Wildman–Crippen LogP) is 2.58. The average Bonchev–Trinajstić information content (AvgIpc) is 2.70. The first kappa shape index (κ1) is 13.2. The summed E-state index contributed by atoms with van der Waals surface area (Å²) in [5.74, 6) is 0.598. The summed E-state index contributed by atoms with van der Waals surface area (Å²) in [6.07, 6.45) is 1.74. The fourth-order valence-electron chi connectivity index (χ4n) is 1.90. The van der Waals surface area contributed by atoms with E-state index in [1.807, 2.05) is 13.0 Å². The Kier molecular flexibility index (Phi) is 4.09. The maximum Gasteiger partial charge on any atom is 0.125 e. The van der Waals surface area contributed by atoms with Crippen LogP contribution in [0.1, 0.15) is 18.6 Å². The molecule has 1 aliphatic heterocycles. The second-order valence-electron chi connectivity index (χ2n) is 4.44. The summed E-state index contributed by atoms with van der Waals surface area (Å²) in [5.41, 5.74) is 6.35. The molecule has 2 atom stereocenters. The first-order chi connectivity index (χ1) is 8.54. The van der Waals surface area contributed by atoms with Gasteiger partial charge in [-0.25, -0.2) is 4.39 Å². The van der Waals surface area contributed by atoms with E-state index in [4.69, 9.17) is 22.1 Å². The highest BCUT2D eigenvalue weighted by molar-refractivity contribution is 6.30. The fraction of sp³-hybridized carbons (Fsp3) is 0.385. The molecule has 0 aliphatic carbocycles. The molecule has 1 aliphatic rings. The Balaban J connectivity index is 1.93. The molecule has 2 rings (SSSR count). The zero-order valence-electron chi connectivity index (χ0n) is 10.1. The molecule has 0 saturated heterocycles. The van der Waals surface area contributed by atoms with E-state index in [1.165, 1.54) is 12.1 Å². The molecule has 5 heteroatoms. The molecule has 3 N–H and O–H groups in total. The minimum absolute atomic E-state index is 0.201. The SMILES string of the molecule is C[C@H](OC[C@H]1C=C(N)NC1)c1cc(F)cc(Cl)c1. The van der Waals surface area contributed by atoms with Crippen molar-refractivity contribution in [1.29, 1.82) is 0 Å². The monoisotopic (exact) mass is 270 g/mol. The molecule has 1 aromatic carbocycles. The van der Waals surface area contributed by atoms with E-state index in [0.29, 0.717) is 17.5 Å². The van der Waals surface area contributed by atoms with Gasteiger partial charge in [-0.3, -0.25) is 0 Å². The van der Waals surface area contributed by atoms with Crippen LogP contribution in [0.5, 0.6) is 0 Å². The molecule has 0 radical (unpaired) electrons. The molecule has 0 bridgehead atoms. The van der Waals surface area contributed by atoms with E-state index in [1.54, 1.807) is 6.07 Å². The smallest absolute Gasteiger partial charge is 0.125 e. The van der Waals surface area contributed by atoms with Gasteiger partial charge in [0.05, 0.1) is 18.5 Å². The van der Waals surface area contributed by atoms with E-state index >= 15 is 0 Å². The number of rotatable bonds is 4. The Bertz CT molecular complexity index is 444. The Labute approximate surface area is 111 Å². The molecule has 98 valence electrons. The Hall–Kier alpha value is -1.26. The lowest BCUT2D eigenvalue weighted by molar-refractivity contribution is 0.0508. The van der Waals surface area contributed by atoms with Crippen LogP contribution in [0.4, 0.5) is 4.39 Å². The molecule has 0 amide bonds. The third-order valence-electron chi connectivity index (χ3n) is 2.90. The van der Waals surface area contributed by atoms with E-state index in [0.717, 1.165) is 12.1 Å². The molecular weight excluding hydrogens is 255 g/mol. The van der Waals surface area contributed by atoms with Gasteiger partial charge < -0.3 is 15.8 Å². The van der Waals surface area contributed by atoms with Gasteiger partial charge >= 0.3 is 0 Å². The molecule has 0 fully saturated rings. The second kappa shape index (κ2) is 5.59. The third-order valence-corrected chi connectivity index (χ3v) is 3.12. The normalized spacial score (nSPS) is 20.4. The zero-order valence-corrected chi connectivity index (χ0v) is 10.9. The van der Waals surface area contributed by atoms with Gasteiger partial charge in [-0.2, -0.15) is 0 Å². The van der Waals surface area contributed by atoms with Crippen LogP contribution in [0.15, 0.2) is 30.1 Å². The number of hydrogen-bond donors (Lipinski definition) is 2. The second-order valence-corrected chi connectivity index (χ2v) is 4.88. The Morgan fingerprint density at radius 1 is 1.56 bits per heavy atom. The quantitative estimate of drug-likeness (QED) is 0.884. The van der Waals surface area contributed by atoms with Gasteiger partial charge in [0, 0.05) is 17.5 Å². The minimum Gasteiger partial charge on any atom is -0.386 e. The number of halogens is 2.